The second-order valence-electron chi connectivity index (χ2n) is 3.92. The zero-order chi connectivity index (χ0) is 14.0. The summed E-state index contributed by atoms with van der Waals surface area (Å²) in [7, 11) is 0. The number of terminal acetylenes is 1. The van der Waals surface area contributed by atoms with Crippen LogP contribution in [0.2, 0.25) is 5.02 Å². The van der Waals surface area contributed by atoms with E-state index in [-0.39, 0.29) is 5.02 Å². The van der Waals surface area contributed by atoms with Crippen LogP contribution in [0.4, 0.5) is 13.2 Å². The quantitative estimate of drug-likeness (QED) is 0.644. The van der Waals surface area contributed by atoms with Gasteiger partial charge in [-0.1, -0.05) is 35.7 Å². The number of alkyl halides is 3. The molecule has 0 fully saturated rings. The standard InChI is InChI=1S/C15H8ClF3/c1-2-10-4-3-5-11(8-10)13-7-6-12(9-14(13)16)15(17,18)19/h1,3-9H. The zero-order valence-corrected chi connectivity index (χ0v) is 10.4. The van der Waals surface area contributed by atoms with E-state index in [1.807, 2.05) is 0 Å². The van der Waals surface area contributed by atoms with Crippen molar-refractivity contribution in [1.29, 1.82) is 0 Å². The minimum Gasteiger partial charge on any atom is -0.166 e. The second kappa shape index (κ2) is 4.99. The van der Waals surface area contributed by atoms with Gasteiger partial charge in [-0.15, -0.1) is 6.42 Å². The Hall–Kier alpha value is -1.92. The van der Waals surface area contributed by atoms with E-state index in [9.17, 15) is 13.2 Å². The molecule has 4 heteroatoms. The number of rotatable bonds is 1. The molecule has 0 radical (unpaired) electrons. The Kier molecular flexibility index (Phi) is 3.55. The van der Waals surface area contributed by atoms with Crippen molar-refractivity contribution in [3.05, 3.63) is 58.6 Å². The van der Waals surface area contributed by atoms with Crippen LogP contribution in [0.1, 0.15) is 11.1 Å². The third-order valence-electron chi connectivity index (χ3n) is 2.64. The SMILES string of the molecule is C#Cc1cccc(-c2ccc(C(F)(F)F)cc2Cl)c1. The van der Waals surface area contributed by atoms with Crippen molar-refractivity contribution in [3.63, 3.8) is 0 Å². The fourth-order valence-corrected chi connectivity index (χ4v) is 1.99. The Morgan fingerprint density at radius 2 is 1.79 bits per heavy atom. The molecule has 0 unspecified atom stereocenters. The molecule has 0 saturated carbocycles. The van der Waals surface area contributed by atoms with Crippen molar-refractivity contribution in [2.75, 3.05) is 0 Å². The summed E-state index contributed by atoms with van der Waals surface area (Å²) in [5.41, 5.74) is 1.09. The summed E-state index contributed by atoms with van der Waals surface area (Å²) in [6, 6.07) is 10.2. The van der Waals surface area contributed by atoms with E-state index in [0.29, 0.717) is 16.7 Å². The Labute approximate surface area is 113 Å². The summed E-state index contributed by atoms with van der Waals surface area (Å²) in [4.78, 5) is 0. The first-order valence-electron chi connectivity index (χ1n) is 5.35. The number of benzene rings is 2. The lowest BCUT2D eigenvalue weighted by molar-refractivity contribution is -0.137. The van der Waals surface area contributed by atoms with Crippen LogP contribution in [-0.2, 0) is 6.18 Å². The van der Waals surface area contributed by atoms with Crippen molar-refractivity contribution >= 4 is 11.6 Å². The van der Waals surface area contributed by atoms with Gasteiger partial charge in [-0.05, 0) is 29.8 Å². The molecular weight excluding hydrogens is 273 g/mol. The zero-order valence-electron chi connectivity index (χ0n) is 9.63. The largest absolute Gasteiger partial charge is 0.416 e. The molecule has 0 saturated heterocycles. The van der Waals surface area contributed by atoms with Crippen LogP contribution >= 0.6 is 11.6 Å². The molecule has 2 aromatic carbocycles. The van der Waals surface area contributed by atoms with Crippen LogP contribution in [0, 0.1) is 12.3 Å². The topological polar surface area (TPSA) is 0 Å². The van der Waals surface area contributed by atoms with Crippen molar-refractivity contribution in [2.24, 2.45) is 0 Å². The first-order chi connectivity index (χ1) is 8.91. The van der Waals surface area contributed by atoms with Gasteiger partial charge in [0.15, 0.2) is 0 Å². The lowest BCUT2D eigenvalue weighted by Crippen LogP contribution is -2.04. The third kappa shape index (κ3) is 2.91. The van der Waals surface area contributed by atoms with Crippen LogP contribution in [0.15, 0.2) is 42.5 Å². The molecule has 0 bridgehead atoms. The molecule has 0 spiro atoms. The van der Waals surface area contributed by atoms with Crippen molar-refractivity contribution in [3.8, 4) is 23.5 Å². The normalized spacial score (nSPS) is 11.1. The van der Waals surface area contributed by atoms with E-state index in [4.69, 9.17) is 18.0 Å². The molecule has 19 heavy (non-hydrogen) atoms. The van der Waals surface area contributed by atoms with Crippen LogP contribution < -0.4 is 0 Å². The highest BCUT2D eigenvalue weighted by atomic mass is 35.5. The Balaban J connectivity index is 2.50. The lowest BCUT2D eigenvalue weighted by atomic mass is 10.0. The van der Waals surface area contributed by atoms with E-state index in [2.05, 4.69) is 5.92 Å². The minimum absolute atomic E-state index is 0.0454. The summed E-state index contributed by atoms with van der Waals surface area (Å²) in [5, 5.41) is 0.0454. The molecule has 0 aliphatic carbocycles. The number of hydrogen-bond acceptors (Lipinski definition) is 0. The van der Waals surface area contributed by atoms with E-state index in [0.717, 1.165) is 12.1 Å². The van der Waals surface area contributed by atoms with Crippen LogP contribution in [-0.4, -0.2) is 0 Å². The van der Waals surface area contributed by atoms with Gasteiger partial charge in [0.1, 0.15) is 0 Å². The summed E-state index contributed by atoms with van der Waals surface area (Å²) in [6.07, 6.45) is 0.884. The molecule has 0 atom stereocenters. The first-order valence-corrected chi connectivity index (χ1v) is 5.73. The third-order valence-corrected chi connectivity index (χ3v) is 2.95. The average Bonchev–Trinajstić information content (AvgIpc) is 2.37. The van der Waals surface area contributed by atoms with Crippen LogP contribution in [0.5, 0.6) is 0 Å². The number of halogens is 4. The molecule has 0 heterocycles. The predicted octanol–water partition coefficient (Wildman–Crippen LogP) is 5.01. The first kappa shape index (κ1) is 13.5. The van der Waals surface area contributed by atoms with Crippen molar-refractivity contribution < 1.29 is 13.2 Å². The average molecular weight is 281 g/mol. The van der Waals surface area contributed by atoms with Gasteiger partial charge in [0.2, 0.25) is 0 Å². The highest BCUT2D eigenvalue weighted by molar-refractivity contribution is 6.33. The van der Waals surface area contributed by atoms with Gasteiger partial charge in [-0.3, -0.25) is 0 Å². The molecule has 2 rings (SSSR count). The summed E-state index contributed by atoms with van der Waals surface area (Å²) in [6.45, 7) is 0. The Morgan fingerprint density at radius 1 is 1.05 bits per heavy atom. The van der Waals surface area contributed by atoms with Gasteiger partial charge in [-0.2, -0.15) is 13.2 Å². The van der Waals surface area contributed by atoms with Gasteiger partial charge in [0, 0.05) is 16.1 Å². The maximum Gasteiger partial charge on any atom is 0.416 e. The maximum atomic E-state index is 12.5. The Bertz CT molecular complexity index is 651. The van der Waals surface area contributed by atoms with Crippen molar-refractivity contribution in [2.45, 2.75) is 6.18 Å². The van der Waals surface area contributed by atoms with Gasteiger partial charge >= 0.3 is 6.18 Å². The molecule has 0 amide bonds. The van der Waals surface area contributed by atoms with Gasteiger partial charge < -0.3 is 0 Å². The summed E-state index contributed by atoms with van der Waals surface area (Å²) >= 11 is 5.91. The molecule has 0 aliphatic rings. The monoisotopic (exact) mass is 280 g/mol. The fraction of sp³-hybridized carbons (Fsp3) is 0.0667. The highest BCUT2D eigenvalue weighted by Crippen LogP contribution is 2.35. The van der Waals surface area contributed by atoms with Gasteiger partial charge in [0.05, 0.1) is 5.56 Å². The summed E-state index contributed by atoms with van der Waals surface area (Å²) in [5.74, 6) is 2.47. The fourth-order valence-electron chi connectivity index (χ4n) is 1.70. The highest BCUT2D eigenvalue weighted by Gasteiger charge is 2.30. The minimum atomic E-state index is -4.40. The Morgan fingerprint density at radius 3 is 2.37 bits per heavy atom. The van der Waals surface area contributed by atoms with Crippen LogP contribution in [0.3, 0.4) is 0 Å². The van der Waals surface area contributed by atoms with Crippen molar-refractivity contribution in [1.82, 2.24) is 0 Å². The molecule has 0 nitrogen and oxygen atoms in total. The predicted molar refractivity (Wildman–Crippen MR) is 69.8 cm³/mol. The second-order valence-corrected chi connectivity index (χ2v) is 4.32. The van der Waals surface area contributed by atoms with Gasteiger partial charge in [-0.25, -0.2) is 0 Å². The summed E-state index contributed by atoms with van der Waals surface area (Å²) < 4.78 is 37.6. The molecular formula is C15H8ClF3. The maximum absolute atomic E-state index is 12.5. The lowest BCUT2D eigenvalue weighted by Gasteiger charge is -2.10. The molecule has 96 valence electrons. The van der Waals surface area contributed by atoms with E-state index in [1.165, 1.54) is 6.07 Å². The van der Waals surface area contributed by atoms with E-state index in [1.54, 1.807) is 24.3 Å². The van der Waals surface area contributed by atoms with Crippen LogP contribution in [0.25, 0.3) is 11.1 Å². The van der Waals surface area contributed by atoms with E-state index < -0.39 is 11.7 Å². The van der Waals surface area contributed by atoms with Gasteiger partial charge in [0.25, 0.3) is 0 Å². The number of hydrogen-bond donors (Lipinski definition) is 0. The molecule has 0 aromatic heterocycles. The molecule has 2 aromatic rings. The molecule has 0 aliphatic heterocycles. The molecule has 0 N–H and O–H groups in total. The van der Waals surface area contributed by atoms with E-state index >= 15 is 0 Å². The smallest absolute Gasteiger partial charge is 0.166 e.